The van der Waals surface area contributed by atoms with Crippen LogP contribution in [0.25, 0.3) is 10.9 Å². The standard InChI is InChI=1S/C21H26N4O2/c1-15-2-3-16(10-21(15)27-9-8-26)13-25-7-6-19(14-25)23-18-4-5-20-17(11-18)12-22-24-20/h2-5,10-12,19,23,26H,6-9,13-14H2,1H3,(H,22,24). The number of likely N-dealkylation sites (tertiary alicyclic amines) is 1. The Morgan fingerprint density at radius 3 is 3.11 bits per heavy atom. The Morgan fingerprint density at radius 1 is 1.30 bits per heavy atom. The van der Waals surface area contributed by atoms with Crippen molar-refractivity contribution in [3.05, 3.63) is 53.7 Å². The Labute approximate surface area is 159 Å². The predicted molar refractivity (Wildman–Crippen MR) is 107 cm³/mol. The number of aliphatic hydroxyl groups is 1. The molecule has 1 aliphatic heterocycles. The van der Waals surface area contributed by atoms with Gasteiger partial charge in [-0.25, -0.2) is 0 Å². The van der Waals surface area contributed by atoms with Gasteiger partial charge in [-0.1, -0.05) is 12.1 Å². The Bertz CT molecular complexity index is 908. The molecule has 1 fully saturated rings. The van der Waals surface area contributed by atoms with E-state index in [2.05, 4.69) is 56.8 Å². The van der Waals surface area contributed by atoms with Crippen molar-refractivity contribution in [3.63, 3.8) is 0 Å². The van der Waals surface area contributed by atoms with Crippen molar-refractivity contribution in [3.8, 4) is 5.75 Å². The highest BCUT2D eigenvalue weighted by Gasteiger charge is 2.22. The smallest absolute Gasteiger partial charge is 0.122 e. The lowest BCUT2D eigenvalue weighted by molar-refractivity contribution is 0.200. The number of aryl methyl sites for hydroxylation is 1. The molecule has 1 aromatic heterocycles. The Kier molecular flexibility index (Phi) is 5.27. The van der Waals surface area contributed by atoms with Crippen LogP contribution in [0.3, 0.4) is 0 Å². The molecule has 0 saturated carbocycles. The maximum absolute atomic E-state index is 8.97. The summed E-state index contributed by atoms with van der Waals surface area (Å²) in [5.41, 5.74) is 4.55. The third-order valence-corrected chi connectivity index (χ3v) is 5.09. The molecule has 142 valence electrons. The van der Waals surface area contributed by atoms with E-state index in [1.807, 2.05) is 13.1 Å². The second-order valence-electron chi connectivity index (χ2n) is 7.21. The van der Waals surface area contributed by atoms with Crippen LogP contribution in [-0.2, 0) is 6.54 Å². The molecule has 0 amide bonds. The van der Waals surface area contributed by atoms with Crippen molar-refractivity contribution in [2.24, 2.45) is 0 Å². The van der Waals surface area contributed by atoms with Crippen LogP contribution in [0.15, 0.2) is 42.6 Å². The number of anilines is 1. The Hall–Kier alpha value is -2.57. The molecule has 0 bridgehead atoms. The first-order valence-corrected chi connectivity index (χ1v) is 9.46. The SMILES string of the molecule is Cc1ccc(CN2CCC(Nc3ccc4[nH]ncc4c3)C2)cc1OCCO. The van der Waals surface area contributed by atoms with Crippen LogP contribution in [0.4, 0.5) is 5.69 Å². The number of fused-ring (bicyclic) bond motifs is 1. The van der Waals surface area contributed by atoms with Crippen molar-refractivity contribution in [1.82, 2.24) is 15.1 Å². The lowest BCUT2D eigenvalue weighted by Crippen LogP contribution is -2.26. The van der Waals surface area contributed by atoms with Crippen LogP contribution < -0.4 is 10.1 Å². The molecule has 2 aromatic carbocycles. The van der Waals surface area contributed by atoms with Crippen molar-refractivity contribution in [2.75, 3.05) is 31.6 Å². The Morgan fingerprint density at radius 2 is 2.22 bits per heavy atom. The number of nitrogens with zero attached hydrogens (tertiary/aromatic N) is 2. The van der Waals surface area contributed by atoms with Crippen molar-refractivity contribution < 1.29 is 9.84 Å². The number of benzene rings is 2. The molecule has 3 N–H and O–H groups in total. The van der Waals surface area contributed by atoms with Crippen molar-refractivity contribution in [1.29, 1.82) is 0 Å². The van der Waals surface area contributed by atoms with Gasteiger partial charge < -0.3 is 15.2 Å². The first kappa shape index (κ1) is 17.8. The number of hydrogen-bond donors (Lipinski definition) is 3. The van der Waals surface area contributed by atoms with Gasteiger partial charge in [0.2, 0.25) is 0 Å². The lowest BCUT2D eigenvalue weighted by Gasteiger charge is -2.18. The minimum atomic E-state index is 0.0355. The zero-order valence-corrected chi connectivity index (χ0v) is 15.6. The zero-order chi connectivity index (χ0) is 18.6. The van der Waals surface area contributed by atoms with Crippen LogP contribution in [0.1, 0.15) is 17.5 Å². The number of rotatable bonds is 7. The van der Waals surface area contributed by atoms with Crippen LogP contribution in [0, 0.1) is 6.92 Å². The number of hydrogen-bond acceptors (Lipinski definition) is 5. The van der Waals surface area contributed by atoms with Gasteiger partial charge in [0.05, 0.1) is 18.3 Å². The highest BCUT2D eigenvalue weighted by molar-refractivity contribution is 5.81. The average Bonchev–Trinajstić information content (AvgIpc) is 3.31. The largest absolute Gasteiger partial charge is 0.491 e. The molecule has 4 rings (SSSR count). The summed E-state index contributed by atoms with van der Waals surface area (Å²) in [4.78, 5) is 2.47. The molecule has 3 aromatic rings. The van der Waals surface area contributed by atoms with Gasteiger partial charge in [-0.3, -0.25) is 10.00 Å². The third-order valence-electron chi connectivity index (χ3n) is 5.09. The van der Waals surface area contributed by atoms with E-state index < -0.39 is 0 Å². The molecule has 0 aliphatic carbocycles. The van der Waals surface area contributed by atoms with Gasteiger partial charge in [0.25, 0.3) is 0 Å². The molecular formula is C21H26N4O2. The molecule has 6 heteroatoms. The summed E-state index contributed by atoms with van der Waals surface area (Å²) in [5, 5.41) is 20.8. The zero-order valence-electron chi connectivity index (χ0n) is 15.6. The third kappa shape index (κ3) is 4.23. The molecule has 1 atom stereocenters. The number of aliphatic hydroxyl groups excluding tert-OH is 1. The van der Waals surface area contributed by atoms with Crippen LogP contribution in [0.2, 0.25) is 0 Å². The van der Waals surface area contributed by atoms with E-state index in [0.29, 0.717) is 12.6 Å². The lowest BCUT2D eigenvalue weighted by atomic mass is 10.1. The summed E-state index contributed by atoms with van der Waals surface area (Å²) in [6, 6.07) is 13.1. The molecule has 6 nitrogen and oxygen atoms in total. The Balaban J connectivity index is 1.35. The van der Waals surface area contributed by atoms with Gasteiger partial charge in [-0.15, -0.1) is 0 Å². The van der Waals surface area contributed by atoms with E-state index in [1.165, 1.54) is 5.56 Å². The fourth-order valence-corrected chi connectivity index (χ4v) is 3.67. The molecule has 27 heavy (non-hydrogen) atoms. The summed E-state index contributed by atoms with van der Waals surface area (Å²) in [6.45, 7) is 5.41. The first-order valence-electron chi connectivity index (χ1n) is 9.46. The molecule has 0 spiro atoms. The summed E-state index contributed by atoms with van der Waals surface area (Å²) in [5.74, 6) is 0.865. The average molecular weight is 366 g/mol. The minimum absolute atomic E-state index is 0.0355. The number of nitrogens with one attached hydrogen (secondary N) is 2. The maximum Gasteiger partial charge on any atom is 0.122 e. The first-order chi connectivity index (χ1) is 13.2. The van der Waals surface area contributed by atoms with E-state index in [9.17, 15) is 0 Å². The molecule has 1 saturated heterocycles. The number of ether oxygens (including phenoxy) is 1. The minimum Gasteiger partial charge on any atom is -0.491 e. The van der Waals surface area contributed by atoms with Gasteiger partial charge >= 0.3 is 0 Å². The van der Waals surface area contributed by atoms with Gasteiger partial charge in [0, 0.05) is 36.7 Å². The van der Waals surface area contributed by atoms with E-state index in [-0.39, 0.29) is 6.61 Å². The molecule has 2 heterocycles. The van der Waals surface area contributed by atoms with Crippen molar-refractivity contribution >= 4 is 16.6 Å². The van der Waals surface area contributed by atoms with Gasteiger partial charge in [0.1, 0.15) is 12.4 Å². The fourth-order valence-electron chi connectivity index (χ4n) is 3.67. The van der Waals surface area contributed by atoms with Crippen LogP contribution >= 0.6 is 0 Å². The second kappa shape index (κ2) is 7.98. The number of aromatic nitrogens is 2. The number of aromatic amines is 1. The van der Waals surface area contributed by atoms with Gasteiger partial charge in [-0.05, 0) is 48.7 Å². The molecular weight excluding hydrogens is 340 g/mol. The second-order valence-corrected chi connectivity index (χ2v) is 7.21. The maximum atomic E-state index is 8.97. The van der Waals surface area contributed by atoms with Gasteiger partial charge in [0.15, 0.2) is 0 Å². The molecule has 1 unspecified atom stereocenters. The van der Waals surface area contributed by atoms with E-state index in [1.54, 1.807) is 0 Å². The summed E-state index contributed by atoms with van der Waals surface area (Å²) in [7, 11) is 0. The summed E-state index contributed by atoms with van der Waals surface area (Å²) >= 11 is 0. The highest BCUT2D eigenvalue weighted by Crippen LogP contribution is 2.24. The summed E-state index contributed by atoms with van der Waals surface area (Å²) in [6.07, 6.45) is 2.98. The molecule has 1 aliphatic rings. The quantitative estimate of drug-likeness (QED) is 0.600. The monoisotopic (exact) mass is 366 g/mol. The molecule has 0 radical (unpaired) electrons. The van der Waals surface area contributed by atoms with Crippen molar-refractivity contribution in [2.45, 2.75) is 25.9 Å². The van der Waals surface area contributed by atoms with Crippen LogP contribution in [-0.4, -0.2) is 52.5 Å². The van der Waals surface area contributed by atoms with Gasteiger partial charge in [-0.2, -0.15) is 5.10 Å². The van der Waals surface area contributed by atoms with E-state index in [0.717, 1.165) is 54.0 Å². The normalized spacial score (nSPS) is 17.5. The summed E-state index contributed by atoms with van der Waals surface area (Å²) < 4.78 is 5.63. The highest BCUT2D eigenvalue weighted by atomic mass is 16.5. The fraction of sp³-hybridized carbons (Fsp3) is 0.381. The predicted octanol–water partition coefficient (Wildman–Crippen LogP) is 2.93. The van der Waals surface area contributed by atoms with E-state index in [4.69, 9.17) is 9.84 Å². The topological polar surface area (TPSA) is 73.4 Å². The number of H-pyrrole nitrogens is 1. The van der Waals surface area contributed by atoms with Crippen LogP contribution in [0.5, 0.6) is 5.75 Å². The van der Waals surface area contributed by atoms with E-state index >= 15 is 0 Å².